The second-order valence-electron chi connectivity index (χ2n) is 5.46. The van der Waals surface area contributed by atoms with Crippen molar-refractivity contribution in [3.05, 3.63) is 0 Å². The van der Waals surface area contributed by atoms with E-state index in [0.717, 1.165) is 0 Å². The van der Waals surface area contributed by atoms with Gasteiger partial charge in [-0.15, -0.1) is 0 Å². The topological polar surface area (TPSA) is 9.23 Å². The first-order chi connectivity index (χ1) is 14.6. The maximum atomic E-state index is 13.3. The van der Waals surface area contributed by atoms with Gasteiger partial charge < -0.3 is 0 Å². The average molecular weight is 808 g/mol. The van der Waals surface area contributed by atoms with Crippen LogP contribution in [0, 0.1) is 0 Å². The van der Waals surface area contributed by atoms with Crippen molar-refractivity contribution in [1.29, 1.82) is 0 Å². The van der Waals surface area contributed by atoms with Crippen LogP contribution in [0.15, 0.2) is 0 Å². The molecule has 0 aromatic rings. The molecule has 25 heteroatoms. The van der Waals surface area contributed by atoms with E-state index in [1.165, 1.54) is 4.74 Å². The second-order valence-corrected chi connectivity index (χ2v) is 12.2. The Labute approximate surface area is 196 Å². The van der Waals surface area contributed by atoms with Crippen LogP contribution >= 0.6 is 0 Å². The molecule has 0 aliphatic carbocycles. The van der Waals surface area contributed by atoms with Crippen molar-refractivity contribution in [3.8, 4) is 0 Å². The Kier molecular flexibility index (Phi) is 9.23. The molecule has 0 aliphatic heterocycles. The second kappa shape index (κ2) is 9.26. The number of ether oxygens (including phenoxy) is 1. The Bertz CT molecular complexity index is 651. The molecule has 0 radical (unpaired) electrons. The van der Waals surface area contributed by atoms with Crippen LogP contribution in [0.4, 0.5) is 96.6 Å². The summed E-state index contributed by atoms with van der Waals surface area (Å²) in [5.74, 6) is 0. The van der Waals surface area contributed by atoms with Crippen molar-refractivity contribution >= 4 is 0 Å². The molecule has 0 unspecified atom stereocenters. The van der Waals surface area contributed by atoms with Crippen LogP contribution in [0.5, 0.6) is 0 Å². The normalized spacial score (nSPS) is 16.9. The van der Waals surface area contributed by atoms with Gasteiger partial charge in [-0.3, -0.25) is 0 Å². The van der Waals surface area contributed by atoms with Crippen molar-refractivity contribution in [2.45, 2.75) is 52.1 Å². The summed E-state index contributed by atoms with van der Waals surface area (Å²) in [5, 5.41) is 0. The van der Waals surface area contributed by atoms with Gasteiger partial charge in [0, 0.05) is 0 Å². The van der Waals surface area contributed by atoms with Crippen LogP contribution in [-0.4, -0.2) is 52.1 Å². The average Bonchev–Trinajstić information content (AvgIpc) is 2.48. The number of rotatable bonds is 8. The predicted octanol–water partition coefficient (Wildman–Crippen LogP) is 1.13. The Morgan fingerprint density at radius 3 is 0.629 bits per heavy atom. The zero-order valence-corrected chi connectivity index (χ0v) is 18.8. The number of alkyl halides is 26. The van der Waals surface area contributed by atoms with Gasteiger partial charge in [0.05, 0.1) is 0 Å². The number of hydrogen-bond donors (Lipinski definition) is 0. The first-order valence-electron chi connectivity index (χ1n) is 6.82. The fourth-order valence-electron chi connectivity index (χ4n) is 1.25. The van der Waals surface area contributed by atoms with E-state index in [1.54, 1.807) is 0 Å². The summed E-state index contributed by atoms with van der Waals surface area (Å²) < 4.78 is 252. The summed E-state index contributed by atoms with van der Waals surface area (Å²) in [6.45, 7) is 0. The molecule has 0 amide bonds. The zero-order valence-electron chi connectivity index (χ0n) is 14.5. The van der Waals surface area contributed by atoms with Gasteiger partial charge in [-0.05, 0) is 0 Å². The molecule has 0 fully saturated rings. The third kappa shape index (κ3) is 6.66. The van der Waals surface area contributed by atoms with E-state index < -0.39 is 94.5 Å². The van der Waals surface area contributed by atoms with E-state index in [-0.39, 0.29) is 0 Å². The quantitative estimate of drug-likeness (QED) is 0.204. The molecule has 0 saturated carbocycles. The number of hydrogen-bond acceptors (Lipinski definition) is 1. The molecule has 0 heterocycles. The first-order valence-corrected chi connectivity index (χ1v) is 11.1. The Morgan fingerprint density at radius 1 is 0.314 bits per heavy atom. The van der Waals surface area contributed by atoms with Gasteiger partial charge in [0.15, 0.2) is 0 Å². The van der Waals surface area contributed by atoms with Crippen LogP contribution in [0.3, 0.4) is 0 Å². The minimum atomic E-state index is -7.71. The molecule has 0 N–H and O–H groups in total. The Balaban J connectivity index is 6.36. The SMILES string of the molecule is FC(F)(F)C(F)([I-]C(F)(F)C(F)(F)OC(F)(F)C(F)(F)[I-]C(F)(C(F)(F)F)C(F)(F)F)C(F)(F)F. The van der Waals surface area contributed by atoms with Gasteiger partial charge in [-0.2, -0.15) is 0 Å². The minimum absolute atomic E-state index is 1.38. The van der Waals surface area contributed by atoms with Crippen LogP contribution in [0.2, 0.25) is 0 Å². The van der Waals surface area contributed by atoms with E-state index in [4.69, 9.17) is 0 Å². The molecule has 0 saturated heterocycles. The van der Waals surface area contributed by atoms with Crippen molar-refractivity contribution in [2.24, 2.45) is 0 Å². The summed E-state index contributed by atoms with van der Waals surface area (Å²) in [7, 11) is 0. The molecule has 216 valence electrons. The van der Waals surface area contributed by atoms with E-state index >= 15 is 0 Å². The molecule has 0 atom stereocenters. The summed E-state index contributed by atoms with van der Waals surface area (Å²) in [4.78, 5) is 0. The van der Waals surface area contributed by atoms with Crippen molar-refractivity contribution in [2.75, 3.05) is 0 Å². The summed E-state index contributed by atoms with van der Waals surface area (Å²) in [6.07, 6.45) is -45.4. The molecule has 0 bridgehead atoms. The van der Waals surface area contributed by atoms with E-state index in [9.17, 15) is 96.6 Å². The Morgan fingerprint density at radius 2 is 0.486 bits per heavy atom. The molecule has 1 nitrogen and oxygen atoms in total. The zero-order chi connectivity index (χ0) is 29.1. The van der Waals surface area contributed by atoms with Crippen molar-refractivity contribution in [3.63, 3.8) is 0 Å². The number of halogens is 24. The molecular formula is C10F22I2O-2. The summed E-state index contributed by atoms with van der Waals surface area (Å²) in [5.41, 5.74) is 0. The molecule has 35 heavy (non-hydrogen) atoms. The maximum absolute atomic E-state index is 13.3. The molecule has 0 aliphatic rings. The van der Waals surface area contributed by atoms with E-state index in [1.807, 2.05) is 0 Å². The first kappa shape index (κ1) is 34.9. The van der Waals surface area contributed by atoms with Crippen LogP contribution < -0.4 is 42.4 Å². The van der Waals surface area contributed by atoms with Gasteiger partial charge >= 0.3 is 196 Å². The molecule has 0 aromatic carbocycles. The van der Waals surface area contributed by atoms with E-state index in [2.05, 4.69) is 0 Å². The standard InChI is InChI=1S/C10F22I2O/c11-1(3(13,14)15,4(16,17)18)33-7(25,26)9(29,30)35-10(31,32)8(27,28)34-2(12,5(19,20)21)6(22,23)24/q-2. The van der Waals surface area contributed by atoms with Gasteiger partial charge in [-0.25, -0.2) is 0 Å². The summed E-state index contributed by atoms with van der Waals surface area (Å²) >= 11 is -12.5. The third-order valence-electron chi connectivity index (χ3n) is 2.84. The van der Waals surface area contributed by atoms with Gasteiger partial charge in [0.1, 0.15) is 0 Å². The van der Waals surface area contributed by atoms with Crippen LogP contribution in [0.1, 0.15) is 0 Å². The van der Waals surface area contributed by atoms with Crippen molar-refractivity contribution in [1.82, 2.24) is 0 Å². The monoisotopic (exact) mass is 808 g/mol. The third-order valence-corrected chi connectivity index (χ3v) is 9.38. The van der Waals surface area contributed by atoms with Crippen LogP contribution in [0.25, 0.3) is 0 Å². The molecule has 0 spiro atoms. The molecule has 0 rings (SSSR count). The predicted molar refractivity (Wildman–Crippen MR) is 52.8 cm³/mol. The van der Waals surface area contributed by atoms with Crippen LogP contribution in [-0.2, 0) is 4.74 Å². The van der Waals surface area contributed by atoms with Crippen molar-refractivity contribution < 1.29 is 144 Å². The summed E-state index contributed by atoms with van der Waals surface area (Å²) in [6, 6.07) is 0. The fraction of sp³-hybridized carbons (Fsp3) is 1.00. The van der Waals surface area contributed by atoms with Gasteiger partial charge in [0.2, 0.25) is 0 Å². The molecular weight excluding hydrogens is 808 g/mol. The van der Waals surface area contributed by atoms with Gasteiger partial charge in [0.25, 0.3) is 0 Å². The van der Waals surface area contributed by atoms with E-state index in [0.29, 0.717) is 0 Å². The molecule has 0 aromatic heterocycles. The Hall–Kier alpha value is -0.120. The van der Waals surface area contributed by atoms with Gasteiger partial charge in [-0.1, -0.05) is 0 Å². The fourth-order valence-corrected chi connectivity index (χ4v) is 5.19.